The van der Waals surface area contributed by atoms with E-state index in [1.54, 1.807) is 96.4 Å². The molecule has 0 spiro atoms. The number of hydrogen-bond acceptors (Lipinski definition) is 17. The number of methoxy groups -OCH3 is 1. The standard InChI is InChI=1S/C61H80N12O16/c1-42(86-38-43-21-7-3-8-22-43)52(57(79)69-47(53(75)66-37-51(74)85-2)29-15-17-33-64-59(80)87-39-44-23-9-4-10-24-44)70-55(77)48(30-16-18-34-65-60(81)88-40-45-25-11-5-12-26-45)67-54(76)49(31-19-35-63-58(62)71-73(83)84)68-56(78)50-32-20-36-72(50)61(82)89-41-46-27-13-6-14-28-46/h3-14,21-28,42,47-50,52H,15-20,29-41H2,1-2H3,(H,64,80)(H,65,81)(H,66,75)(H,67,76)(H,68,78)(H,69,79)(H,70,77)(H3,62,63,71)/t42-,47+,48+,49+,50+,52+/m1/s1. The van der Waals surface area contributed by atoms with E-state index in [9.17, 15) is 53.3 Å². The molecule has 1 fully saturated rings. The van der Waals surface area contributed by atoms with E-state index in [0.29, 0.717) is 24.0 Å². The molecule has 0 unspecified atom stereocenters. The van der Waals surface area contributed by atoms with Gasteiger partial charge in [-0.05, 0) is 93.4 Å². The first-order valence-electron chi connectivity index (χ1n) is 29.3. The number of amides is 8. The average Bonchev–Trinajstić information content (AvgIpc) is 2.52. The first-order valence-corrected chi connectivity index (χ1v) is 29.3. The second-order valence-electron chi connectivity index (χ2n) is 20.6. The number of likely N-dealkylation sites (tertiary alicyclic amines) is 1. The van der Waals surface area contributed by atoms with Gasteiger partial charge in [-0.2, -0.15) is 0 Å². The molecule has 0 radical (unpaired) electrons. The van der Waals surface area contributed by atoms with Crippen LogP contribution in [0.15, 0.2) is 126 Å². The summed E-state index contributed by atoms with van der Waals surface area (Å²) in [4.78, 5) is 139. The Morgan fingerprint density at radius 3 is 1.57 bits per heavy atom. The summed E-state index contributed by atoms with van der Waals surface area (Å²) in [7, 11) is 1.13. The molecule has 0 saturated carbocycles. The van der Waals surface area contributed by atoms with Gasteiger partial charge in [0, 0.05) is 26.2 Å². The van der Waals surface area contributed by atoms with Crippen LogP contribution in [0, 0.1) is 10.1 Å². The number of ether oxygens (including phenoxy) is 5. The zero-order valence-corrected chi connectivity index (χ0v) is 49.9. The van der Waals surface area contributed by atoms with Crippen LogP contribution < -0.4 is 48.4 Å². The molecule has 1 saturated heterocycles. The van der Waals surface area contributed by atoms with Gasteiger partial charge < -0.3 is 66.6 Å². The van der Waals surface area contributed by atoms with Crippen LogP contribution in [0.1, 0.15) is 93.4 Å². The third-order valence-corrected chi connectivity index (χ3v) is 13.9. The highest BCUT2D eigenvalue weighted by molar-refractivity contribution is 5.97. The first-order chi connectivity index (χ1) is 43.0. The Labute approximate surface area is 515 Å². The van der Waals surface area contributed by atoms with Gasteiger partial charge in [0.15, 0.2) is 5.03 Å². The van der Waals surface area contributed by atoms with Crippen molar-refractivity contribution in [2.24, 2.45) is 10.7 Å². The van der Waals surface area contributed by atoms with Crippen LogP contribution in [0.3, 0.4) is 0 Å². The minimum atomic E-state index is -1.58. The third kappa shape index (κ3) is 26.7. The molecule has 480 valence electrons. The molecule has 28 nitrogen and oxygen atoms in total. The van der Waals surface area contributed by atoms with E-state index < -0.39 is 108 Å². The lowest BCUT2D eigenvalue weighted by molar-refractivity contribution is -0.525. The van der Waals surface area contributed by atoms with E-state index in [4.69, 9.17) is 29.4 Å². The fourth-order valence-electron chi connectivity index (χ4n) is 9.07. The zero-order chi connectivity index (χ0) is 64.2. The van der Waals surface area contributed by atoms with Crippen molar-refractivity contribution in [2.75, 3.05) is 39.8 Å². The van der Waals surface area contributed by atoms with Crippen molar-refractivity contribution in [3.63, 3.8) is 0 Å². The topological polar surface area (TPSA) is 381 Å². The molecule has 8 amide bonds. The number of benzene rings is 4. The van der Waals surface area contributed by atoms with Gasteiger partial charge in [-0.3, -0.25) is 33.7 Å². The van der Waals surface area contributed by atoms with Gasteiger partial charge in [0.1, 0.15) is 56.6 Å². The van der Waals surface area contributed by atoms with E-state index in [0.717, 1.165) is 18.2 Å². The highest BCUT2D eigenvalue weighted by Crippen LogP contribution is 2.20. The first kappa shape index (κ1) is 69.9. The van der Waals surface area contributed by atoms with Crippen molar-refractivity contribution in [3.05, 3.63) is 154 Å². The lowest BCUT2D eigenvalue weighted by Gasteiger charge is -2.30. The monoisotopic (exact) mass is 1240 g/mol. The van der Waals surface area contributed by atoms with Crippen molar-refractivity contribution < 1.29 is 71.9 Å². The normalized spacial score (nSPS) is 14.4. The van der Waals surface area contributed by atoms with Crippen LogP contribution in [-0.2, 0) is 78.9 Å². The van der Waals surface area contributed by atoms with E-state index in [-0.39, 0.29) is 104 Å². The van der Waals surface area contributed by atoms with Gasteiger partial charge in [-0.15, -0.1) is 0 Å². The third-order valence-electron chi connectivity index (χ3n) is 13.9. The fourth-order valence-corrected chi connectivity index (χ4v) is 9.07. The number of nitrogens with zero attached hydrogens (tertiary/aromatic N) is 3. The molecule has 0 bridgehead atoms. The van der Waals surface area contributed by atoms with Crippen molar-refractivity contribution >= 4 is 59.7 Å². The summed E-state index contributed by atoms with van der Waals surface area (Å²) in [6.07, 6.45) is -1.89. The summed E-state index contributed by atoms with van der Waals surface area (Å²) >= 11 is 0. The predicted octanol–water partition coefficient (Wildman–Crippen LogP) is 3.69. The van der Waals surface area contributed by atoms with Gasteiger partial charge >= 0.3 is 24.2 Å². The lowest BCUT2D eigenvalue weighted by Crippen LogP contribution is -2.61. The van der Waals surface area contributed by atoms with Crippen LogP contribution in [0.4, 0.5) is 14.4 Å². The highest BCUT2D eigenvalue weighted by atomic mass is 16.7. The zero-order valence-electron chi connectivity index (χ0n) is 49.9. The number of nitro groups is 1. The Bertz CT molecular complexity index is 2930. The number of alkyl carbamates (subject to hydrolysis) is 2. The molecule has 6 atom stereocenters. The maximum absolute atomic E-state index is 14.9. The van der Waals surface area contributed by atoms with Crippen molar-refractivity contribution in [2.45, 2.75) is 134 Å². The van der Waals surface area contributed by atoms with Gasteiger partial charge in [-0.1, -0.05) is 127 Å². The Morgan fingerprint density at radius 2 is 1.06 bits per heavy atom. The van der Waals surface area contributed by atoms with Gasteiger partial charge in [0.2, 0.25) is 29.5 Å². The van der Waals surface area contributed by atoms with Crippen LogP contribution in [0.25, 0.3) is 0 Å². The number of rotatable bonds is 36. The molecule has 4 aromatic carbocycles. The number of aliphatic imine (C=N–C) groups is 1. The lowest BCUT2D eigenvalue weighted by atomic mass is 10.0. The molecule has 1 heterocycles. The van der Waals surface area contributed by atoms with Crippen molar-refractivity contribution in [1.82, 2.24) is 47.5 Å². The Balaban J connectivity index is 1.38. The molecule has 0 aliphatic carbocycles. The SMILES string of the molecule is COC(=O)CNC(=O)[C@H](CCCCNC(=O)OCc1ccccc1)NC(=O)[C@@H](NC(=O)[C@H](CCCCNC(=O)OCc1ccccc1)NC(=O)[C@H](CCCN=C(N)N[N+](=O)[O-])NC(=O)[C@@H]1CCCN1C(=O)OCc1ccccc1)[C@@H](C)OCc1ccccc1. The number of carbonyl (C=O) groups is 9. The summed E-state index contributed by atoms with van der Waals surface area (Å²) in [5.41, 5.74) is 10.4. The van der Waals surface area contributed by atoms with Gasteiger partial charge in [0.05, 0.1) is 19.8 Å². The number of carbonyl (C=O) groups excluding carboxylic acids is 9. The predicted molar refractivity (Wildman–Crippen MR) is 323 cm³/mol. The summed E-state index contributed by atoms with van der Waals surface area (Å²) in [5.74, 6) is -5.47. The largest absolute Gasteiger partial charge is 0.468 e. The second kappa shape index (κ2) is 39.0. The molecule has 4 aromatic rings. The Morgan fingerprint density at radius 1 is 0.596 bits per heavy atom. The number of esters is 1. The average molecular weight is 1240 g/mol. The van der Waals surface area contributed by atoms with E-state index >= 15 is 0 Å². The van der Waals surface area contributed by atoms with E-state index in [2.05, 4.69) is 42.2 Å². The molecular weight excluding hydrogens is 1160 g/mol. The number of guanidine groups is 1. The summed E-state index contributed by atoms with van der Waals surface area (Å²) in [6.45, 7) is 1.18. The minimum absolute atomic E-state index is 0.0117. The molecule has 5 rings (SSSR count). The Hall–Kier alpha value is -9.86. The molecule has 0 aromatic heterocycles. The van der Waals surface area contributed by atoms with Crippen LogP contribution in [0.2, 0.25) is 0 Å². The van der Waals surface area contributed by atoms with E-state index in [1.165, 1.54) is 11.8 Å². The quantitative estimate of drug-likeness (QED) is 0.00596. The number of nitrogens with two attached hydrogens (primary N) is 1. The second-order valence-corrected chi connectivity index (χ2v) is 20.6. The van der Waals surface area contributed by atoms with Crippen LogP contribution in [-0.4, -0.2) is 146 Å². The summed E-state index contributed by atoms with van der Waals surface area (Å²) in [5, 5.41) is 28.7. The number of hydrogen-bond donors (Lipinski definition) is 9. The molecule has 1 aliphatic heterocycles. The molecule has 1 aliphatic rings. The van der Waals surface area contributed by atoms with E-state index in [1.807, 2.05) is 30.3 Å². The molecule has 89 heavy (non-hydrogen) atoms. The van der Waals surface area contributed by atoms with Gasteiger partial charge in [-0.25, -0.2) is 29.5 Å². The summed E-state index contributed by atoms with van der Waals surface area (Å²) < 4.78 is 27.1. The Kier molecular flexibility index (Phi) is 30.7. The minimum Gasteiger partial charge on any atom is -0.468 e. The smallest absolute Gasteiger partial charge is 0.410 e. The molecular formula is C61H80N12O16. The fraction of sp³-hybridized carbons (Fsp3) is 0.443. The number of hydrazine groups is 1. The van der Waals surface area contributed by atoms with Crippen molar-refractivity contribution in [3.8, 4) is 0 Å². The van der Waals surface area contributed by atoms with Gasteiger partial charge in [0.25, 0.3) is 5.96 Å². The maximum atomic E-state index is 14.9. The van der Waals surface area contributed by atoms with Crippen LogP contribution >= 0.6 is 0 Å². The summed E-state index contributed by atoms with van der Waals surface area (Å²) in [6, 6.07) is 29.1. The highest BCUT2D eigenvalue weighted by Gasteiger charge is 2.38. The maximum Gasteiger partial charge on any atom is 0.410 e. The van der Waals surface area contributed by atoms with Crippen molar-refractivity contribution in [1.29, 1.82) is 0 Å². The number of nitrogens with one attached hydrogen (secondary N) is 8. The molecule has 28 heteroatoms. The number of unbranched alkanes of at least 4 members (excludes halogenated alkanes) is 2. The van der Waals surface area contributed by atoms with Crippen LogP contribution in [0.5, 0.6) is 0 Å². The molecule has 10 N–H and O–H groups in total.